The molecular formula is C26H24FN5O4S. The summed E-state index contributed by atoms with van der Waals surface area (Å²) in [4.78, 5) is 25.1. The van der Waals surface area contributed by atoms with E-state index in [1.54, 1.807) is 42.5 Å². The number of carbonyl (C=O) groups is 1. The molecule has 1 fully saturated rings. The number of amides is 1. The van der Waals surface area contributed by atoms with Crippen molar-refractivity contribution in [1.29, 1.82) is 0 Å². The third-order valence-electron chi connectivity index (χ3n) is 6.20. The molecule has 0 spiro atoms. The molecular weight excluding hydrogens is 497 g/mol. The second kappa shape index (κ2) is 10.0. The van der Waals surface area contributed by atoms with Gasteiger partial charge in [0.25, 0.3) is 15.9 Å². The maximum atomic E-state index is 15.0. The van der Waals surface area contributed by atoms with Crippen molar-refractivity contribution in [3.05, 3.63) is 84.4 Å². The lowest BCUT2D eigenvalue weighted by molar-refractivity contribution is 0.0746. The quantitative estimate of drug-likeness (QED) is 0.414. The Hall–Kier alpha value is -4.25. The van der Waals surface area contributed by atoms with Gasteiger partial charge in [-0.3, -0.25) is 14.5 Å². The maximum Gasteiger partial charge on any atom is 0.264 e. The number of aromatic nitrogens is 2. The molecule has 2 aromatic carbocycles. The normalized spacial score (nSPS) is 14.0. The van der Waals surface area contributed by atoms with Gasteiger partial charge >= 0.3 is 0 Å². The van der Waals surface area contributed by atoms with Crippen LogP contribution in [0.4, 0.5) is 15.8 Å². The van der Waals surface area contributed by atoms with Gasteiger partial charge in [-0.2, -0.15) is 0 Å². The van der Waals surface area contributed by atoms with Crippen molar-refractivity contribution in [2.75, 3.05) is 42.9 Å². The summed E-state index contributed by atoms with van der Waals surface area (Å²) in [6.07, 6.45) is 3.15. The molecule has 1 aliphatic rings. The number of methoxy groups -OCH3 is 1. The van der Waals surface area contributed by atoms with Crippen LogP contribution >= 0.6 is 0 Å². The standard InChI is InChI=1S/C26H24FN5O4S/c1-36-25-22(7-4-12-29-25)31-13-15-32(16-14-31)26(33)19-9-10-21(20(27)17-19)30-37(34,35)23-8-2-5-18-6-3-11-28-24(18)23/h2-12,17,30H,13-16H2,1H3. The summed E-state index contributed by atoms with van der Waals surface area (Å²) < 4.78 is 48.6. The van der Waals surface area contributed by atoms with Gasteiger partial charge in [0.15, 0.2) is 0 Å². The average molecular weight is 522 g/mol. The zero-order valence-corrected chi connectivity index (χ0v) is 20.8. The highest BCUT2D eigenvalue weighted by Gasteiger charge is 2.25. The topological polar surface area (TPSA) is 105 Å². The summed E-state index contributed by atoms with van der Waals surface area (Å²) in [6, 6.07) is 15.7. The molecule has 4 aromatic rings. The van der Waals surface area contributed by atoms with Crippen molar-refractivity contribution in [3.63, 3.8) is 0 Å². The molecule has 3 heterocycles. The number of benzene rings is 2. The molecule has 0 radical (unpaired) electrons. The molecule has 2 aromatic heterocycles. The van der Waals surface area contributed by atoms with Crippen molar-refractivity contribution < 1.29 is 22.3 Å². The molecule has 0 aliphatic carbocycles. The molecule has 0 atom stereocenters. The summed E-state index contributed by atoms with van der Waals surface area (Å²) in [5, 5.41) is 0.647. The number of hydrogen-bond acceptors (Lipinski definition) is 7. The third kappa shape index (κ3) is 4.90. The molecule has 0 saturated carbocycles. The molecule has 0 unspecified atom stereocenters. The average Bonchev–Trinajstić information content (AvgIpc) is 2.93. The number of sulfonamides is 1. The Kier molecular flexibility index (Phi) is 6.62. The number of fused-ring (bicyclic) bond motifs is 1. The van der Waals surface area contributed by atoms with Crippen molar-refractivity contribution in [1.82, 2.24) is 14.9 Å². The van der Waals surface area contributed by atoms with Crippen molar-refractivity contribution in [2.45, 2.75) is 4.90 Å². The van der Waals surface area contributed by atoms with Gasteiger partial charge in [0.05, 0.1) is 24.0 Å². The SMILES string of the molecule is COc1ncccc1N1CCN(C(=O)c2ccc(NS(=O)(=O)c3cccc4cccnc34)c(F)c2)CC1. The van der Waals surface area contributed by atoms with E-state index in [9.17, 15) is 17.6 Å². The van der Waals surface area contributed by atoms with Crippen LogP contribution in [0.2, 0.25) is 0 Å². The van der Waals surface area contributed by atoms with Crippen LogP contribution in [0.5, 0.6) is 5.88 Å². The van der Waals surface area contributed by atoms with Crippen LogP contribution in [0.25, 0.3) is 10.9 Å². The fourth-order valence-corrected chi connectivity index (χ4v) is 5.58. The van der Waals surface area contributed by atoms with Crippen molar-refractivity contribution in [3.8, 4) is 5.88 Å². The summed E-state index contributed by atoms with van der Waals surface area (Å²) in [5.41, 5.74) is 1.02. The van der Waals surface area contributed by atoms with E-state index in [0.29, 0.717) is 37.4 Å². The lowest BCUT2D eigenvalue weighted by atomic mass is 10.1. The molecule has 190 valence electrons. The second-order valence-corrected chi connectivity index (χ2v) is 10.1. The Balaban J connectivity index is 1.29. The van der Waals surface area contributed by atoms with Gasteiger partial charge in [0, 0.05) is 49.5 Å². The molecule has 0 bridgehead atoms. The molecule has 1 aliphatic heterocycles. The Bertz CT molecular complexity index is 1570. The first-order valence-electron chi connectivity index (χ1n) is 11.6. The highest BCUT2D eigenvalue weighted by Crippen LogP contribution is 2.27. The fourth-order valence-electron chi connectivity index (χ4n) is 4.34. The van der Waals surface area contributed by atoms with Crippen LogP contribution in [0.15, 0.2) is 78.0 Å². The summed E-state index contributed by atoms with van der Waals surface area (Å²) >= 11 is 0. The highest BCUT2D eigenvalue weighted by molar-refractivity contribution is 7.93. The third-order valence-corrected chi connectivity index (χ3v) is 7.59. The minimum atomic E-state index is -4.12. The van der Waals surface area contributed by atoms with Gasteiger partial charge in [-0.05, 0) is 42.5 Å². The number of anilines is 2. The molecule has 9 nitrogen and oxygen atoms in total. The molecule has 11 heteroatoms. The highest BCUT2D eigenvalue weighted by atomic mass is 32.2. The van der Waals surface area contributed by atoms with Crippen LogP contribution in [-0.4, -0.2) is 62.5 Å². The van der Waals surface area contributed by atoms with Gasteiger partial charge < -0.3 is 14.5 Å². The minimum absolute atomic E-state index is 0.0618. The summed E-state index contributed by atoms with van der Waals surface area (Å²) in [6.45, 7) is 1.99. The number of rotatable bonds is 6. The number of carbonyl (C=O) groups excluding carboxylic acids is 1. The molecule has 1 N–H and O–H groups in total. The smallest absolute Gasteiger partial charge is 0.264 e. The van der Waals surface area contributed by atoms with Gasteiger partial charge in [0.2, 0.25) is 5.88 Å². The van der Waals surface area contributed by atoms with Crippen LogP contribution in [0.3, 0.4) is 0 Å². The van der Waals surface area contributed by atoms with Crippen LogP contribution in [0, 0.1) is 5.82 Å². The van der Waals surface area contributed by atoms with Crippen LogP contribution in [-0.2, 0) is 10.0 Å². The Morgan fingerprint density at radius 1 is 0.973 bits per heavy atom. The second-order valence-electron chi connectivity index (χ2n) is 8.44. The van der Waals surface area contributed by atoms with E-state index in [4.69, 9.17) is 4.74 Å². The predicted octanol–water partition coefficient (Wildman–Crippen LogP) is 3.54. The van der Waals surface area contributed by atoms with Crippen molar-refractivity contribution in [2.24, 2.45) is 0 Å². The number of halogens is 1. The number of nitrogens with zero attached hydrogens (tertiary/aromatic N) is 4. The van der Waals surface area contributed by atoms with E-state index in [-0.39, 0.29) is 27.6 Å². The Labute approximate surface area is 213 Å². The number of pyridine rings is 2. The summed E-state index contributed by atoms with van der Waals surface area (Å²) in [5.74, 6) is -0.660. The largest absolute Gasteiger partial charge is 0.480 e. The van der Waals surface area contributed by atoms with Gasteiger partial charge in [0.1, 0.15) is 10.7 Å². The summed E-state index contributed by atoms with van der Waals surface area (Å²) in [7, 11) is -2.56. The fraction of sp³-hybridized carbons (Fsp3) is 0.192. The number of para-hydroxylation sites is 1. The van der Waals surface area contributed by atoms with Gasteiger partial charge in [-0.25, -0.2) is 17.8 Å². The van der Waals surface area contributed by atoms with Crippen molar-refractivity contribution >= 4 is 38.2 Å². The lowest BCUT2D eigenvalue weighted by Gasteiger charge is -2.36. The molecule has 37 heavy (non-hydrogen) atoms. The molecule has 1 amide bonds. The van der Waals surface area contributed by atoms with E-state index in [2.05, 4.69) is 19.6 Å². The Morgan fingerprint density at radius 3 is 2.46 bits per heavy atom. The first kappa shape index (κ1) is 24.4. The molecule has 1 saturated heterocycles. The van der Waals surface area contributed by atoms with Crippen LogP contribution < -0.4 is 14.4 Å². The lowest BCUT2D eigenvalue weighted by Crippen LogP contribution is -2.49. The maximum absolute atomic E-state index is 15.0. The zero-order valence-electron chi connectivity index (χ0n) is 20.0. The number of piperazine rings is 1. The zero-order chi connectivity index (χ0) is 26.0. The van der Waals surface area contributed by atoms with E-state index >= 15 is 0 Å². The molecule has 5 rings (SSSR count). The Morgan fingerprint density at radius 2 is 1.70 bits per heavy atom. The van der Waals surface area contributed by atoms with E-state index in [1.165, 1.54) is 24.4 Å². The first-order chi connectivity index (χ1) is 17.9. The van der Waals surface area contributed by atoms with E-state index in [1.807, 2.05) is 12.1 Å². The van der Waals surface area contributed by atoms with Gasteiger partial charge in [-0.1, -0.05) is 18.2 Å². The number of nitrogens with one attached hydrogen (secondary N) is 1. The van der Waals surface area contributed by atoms with E-state index < -0.39 is 15.8 Å². The monoisotopic (exact) mass is 521 g/mol. The predicted molar refractivity (Wildman–Crippen MR) is 138 cm³/mol. The van der Waals surface area contributed by atoms with Gasteiger partial charge in [-0.15, -0.1) is 0 Å². The first-order valence-corrected chi connectivity index (χ1v) is 13.0. The number of hydrogen-bond donors (Lipinski definition) is 1. The number of ether oxygens (including phenoxy) is 1. The van der Waals surface area contributed by atoms with Crippen LogP contribution in [0.1, 0.15) is 10.4 Å². The minimum Gasteiger partial charge on any atom is -0.480 e. The van der Waals surface area contributed by atoms with E-state index in [0.717, 1.165) is 11.8 Å².